The molecule has 1 N–H and O–H groups in total. The largest absolute Gasteiger partial charge is 0.481 e. The Morgan fingerprint density at radius 3 is 2.68 bits per heavy atom. The maximum absolute atomic E-state index is 10.9. The van der Waals surface area contributed by atoms with Crippen LogP contribution in [0, 0.1) is 0 Å². The molecule has 128 valence electrons. The Bertz CT molecular complexity index is 900. The maximum atomic E-state index is 10.9. The highest BCUT2D eigenvalue weighted by atomic mass is 16.5. The molecule has 1 spiro atoms. The summed E-state index contributed by atoms with van der Waals surface area (Å²) in [5.41, 5.74) is 3.29. The zero-order valence-electron chi connectivity index (χ0n) is 14.6. The van der Waals surface area contributed by atoms with Gasteiger partial charge in [-0.3, -0.25) is 4.79 Å². The van der Waals surface area contributed by atoms with Gasteiger partial charge in [-0.15, -0.1) is 0 Å². The Balaban J connectivity index is 1.78. The molecule has 0 amide bonds. The van der Waals surface area contributed by atoms with Crippen LogP contribution in [-0.2, 0) is 16.6 Å². The van der Waals surface area contributed by atoms with Gasteiger partial charge >= 0.3 is 5.97 Å². The lowest BCUT2D eigenvalue weighted by molar-refractivity contribution is -0.136. The molecule has 2 aliphatic rings. The summed E-state index contributed by atoms with van der Waals surface area (Å²) in [5, 5.41) is 8.99. The van der Waals surface area contributed by atoms with E-state index in [9.17, 15) is 4.79 Å². The number of carboxylic acids is 1. The highest BCUT2D eigenvalue weighted by Gasteiger charge is 2.57. The molecule has 1 atom stereocenters. The van der Waals surface area contributed by atoms with Gasteiger partial charge in [0.15, 0.2) is 0 Å². The van der Waals surface area contributed by atoms with Crippen LogP contribution in [0.3, 0.4) is 0 Å². The summed E-state index contributed by atoms with van der Waals surface area (Å²) in [5.74, 6) is -0.0476. The van der Waals surface area contributed by atoms with Crippen molar-refractivity contribution in [3.63, 3.8) is 0 Å². The molecule has 0 radical (unpaired) electrons. The molecule has 2 aromatic carbocycles. The second kappa shape index (κ2) is 5.12. The van der Waals surface area contributed by atoms with Crippen molar-refractivity contribution in [3.05, 3.63) is 65.2 Å². The average Bonchev–Trinajstić information content (AvgIpc) is 2.74. The molecule has 0 saturated heterocycles. The van der Waals surface area contributed by atoms with Crippen LogP contribution in [0.4, 0.5) is 5.69 Å². The van der Waals surface area contributed by atoms with Crippen molar-refractivity contribution in [2.24, 2.45) is 0 Å². The first-order valence-corrected chi connectivity index (χ1v) is 8.41. The Hall–Kier alpha value is -2.75. The lowest BCUT2D eigenvalue weighted by atomic mass is 9.76. The number of fused-ring (bicyclic) bond motifs is 2. The minimum atomic E-state index is -0.829. The average molecular weight is 335 g/mol. The van der Waals surface area contributed by atoms with E-state index in [0.29, 0.717) is 0 Å². The number of likely N-dealkylation sites (N-methyl/N-ethyl adjacent to an activating group) is 1. The molecule has 4 nitrogen and oxygen atoms in total. The summed E-state index contributed by atoms with van der Waals surface area (Å²) < 4.78 is 6.54. The van der Waals surface area contributed by atoms with Crippen LogP contribution in [0.5, 0.6) is 5.75 Å². The molecular weight excluding hydrogens is 314 g/mol. The third-order valence-electron chi connectivity index (χ3n) is 5.52. The van der Waals surface area contributed by atoms with Crippen LogP contribution in [0.2, 0.25) is 0 Å². The molecule has 4 rings (SSSR count). The monoisotopic (exact) mass is 335 g/mol. The van der Waals surface area contributed by atoms with E-state index < -0.39 is 11.7 Å². The van der Waals surface area contributed by atoms with Crippen LogP contribution in [0.1, 0.15) is 30.5 Å². The quantitative estimate of drug-likeness (QED) is 0.906. The number of hydrogen-bond donors (Lipinski definition) is 1. The molecule has 1 unspecified atom stereocenters. The first-order chi connectivity index (χ1) is 11.8. The van der Waals surface area contributed by atoms with E-state index in [1.807, 2.05) is 30.3 Å². The Morgan fingerprint density at radius 2 is 1.96 bits per heavy atom. The summed E-state index contributed by atoms with van der Waals surface area (Å²) in [4.78, 5) is 13.1. The highest BCUT2D eigenvalue weighted by molar-refractivity contribution is 5.74. The normalized spacial score (nSPS) is 22.4. The lowest BCUT2D eigenvalue weighted by Crippen LogP contribution is -2.58. The third-order valence-corrected chi connectivity index (χ3v) is 5.52. The number of rotatable bonds is 2. The topological polar surface area (TPSA) is 49.8 Å². The second-order valence-corrected chi connectivity index (χ2v) is 7.28. The Labute approximate surface area is 147 Å². The summed E-state index contributed by atoms with van der Waals surface area (Å²) in [6.45, 7) is 4.40. The zero-order chi connectivity index (χ0) is 17.8. The molecule has 0 fully saturated rings. The molecule has 2 aromatic rings. The van der Waals surface area contributed by atoms with Crippen LogP contribution in [0.25, 0.3) is 6.08 Å². The first kappa shape index (κ1) is 15.8. The van der Waals surface area contributed by atoms with Crippen LogP contribution in [-0.4, -0.2) is 23.8 Å². The van der Waals surface area contributed by atoms with Gasteiger partial charge in [-0.1, -0.05) is 24.3 Å². The fourth-order valence-corrected chi connectivity index (χ4v) is 4.11. The van der Waals surface area contributed by atoms with Gasteiger partial charge in [-0.25, -0.2) is 0 Å². The number of para-hydroxylation sites is 1. The number of nitrogens with zero attached hydrogens (tertiary/aromatic N) is 1. The number of aliphatic carboxylic acids is 1. The van der Waals surface area contributed by atoms with E-state index >= 15 is 0 Å². The molecule has 0 bridgehead atoms. The minimum absolute atomic E-state index is 0.0170. The Kier molecular flexibility index (Phi) is 3.23. The summed E-state index contributed by atoms with van der Waals surface area (Å²) >= 11 is 0. The molecule has 0 aromatic heterocycles. The van der Waals surface area contributed by atoms with Gasteiger partial charge in [0, 0.05) is 18.3 Å². The smallest absolute Gasteiger partial charge is 0.307 e. The highest BCUT2D eigenvalue weighted by Crippen LogP contribution is 2.54. The first-order valence-electron chi connectivity index (χ1n) is 8.41. The predicted molar refractivity (Wildman–Crippen MR) is 98.0 cm³/mol. The van der Waals surface area contributed by atoms with Gasteiger partial charge in [0.25, 0.3) is 0 Å². The van der Waals surface area contributed by atoms with Gasteiger partial charge < -0.3 is 14.7 Å². The van der Waals surface area contributed by atoms with Crippen molar-refractivity contribution < 1.29 is 14.6 Å². The second-order valence-electron chi connectivity index (χ2n) is 7.28. The minimum Gasteiger partial charge on any atom is -0.481 e. The van der Waals surface area contributed by atoms with Crippen molar-refractivity contribution in [1.29, 1.82) is 0 Å². The fraction of sp³-hybridized carbons (Fsp3) is 0.286. The fourth-order valence-electron chi connectivity index (χ4n) is 4.11. The number of hydrogen-bond acceptors (Lipinski definition) is 3. The molecule has 2 aliphatic heterocycles. The van der Waals surface area contributed by atoms with Crippen LogP contribution in [0.15, 0.2) is 48.5 Å². The molecule has 4 heteroatoms. The van der Waals surface area contributed by atoms with Crippen molar-refractivity contribution in [2.45, 2.75) is 31.4 Å². The maximum Gasteiger partial charge on any atom is 0.307 e. The van der Waals surface area contributed by atoms with Crippen molar-refractivity contribution in [2.75, 3.05) is 11.9 Å². The number of carboxylic acid groups (broad SMARTS) is 1. The van der Waals surface area contributed by atoms with Crippen molar-refractivity contribution >= 4 is 17.7 Å². The standard InChI is InChI=1S/C21H21NO3/c1-20(2)16-6-4-5-7-17(16)22(3)21(20)11-10-15-12-14(13-19(23)24)8-9-18(15)25-21/h4-12H,13H2,1-3H3,(H,23,24). The van der Waals surface area contributed by atoms with Gasteiger partial charge in [-0.05, 0) is 55.3 Å². The van der Waals surface area contributed by atoms with E-state index in [1.54, 1.807) is 0 Å². The van der Waals surface area contributed by atoms with E-state index in [0.717, 1.165) is 16.9 Å². The van der Waals surface area contributed by atoms with E-state index in [2.05, 4.69) is 50.1 Å². The van der Waals surface area contributed by atoms with Crippen LogP contribution >= 0.6 is 0 Å². The molecule has 2 heterocycles. The van der Waals surface area contributed by atoms with Gasteiger partial charge in [0.05, 0.1) is 11.8 Å². The number of ether oxygens (including phenoxy) is 1. The number of anilines is 1. The van der Waals surface area contributed by atoms with Crippen LogP contribution < -0.4 is 9.64 Å². The zero-order valence-corrected chi connectivity index (χ0v) is 14.6. The summed E-state index contributed by atoms with van der Waals surface area (Å²) in [6.07, 6.45) is 4.16. The van der Waals surface area contributed by atoms with Crippen molar-refractivity contribution in [1.82, 2.24) is 0 Å². The number of carbonyl (C=O) groups is 1. The van der Waals surface area contributed by atoms with Crippen molar-refractivity contribution in [3.8, 4) is 5.75 Å². The third kappa shape index (κ3) is 2.10. The van der Waals surface area contributed by atoms with Gasteiger partial charge in [0.1, 0.15) is 5.75 Å². The molecule has 25 heavy (non-hydrogen) atoms. The molecule has 0 aliphatic carbocycles. The molecule has 0 saturated carbocycles. The lowest BCUT2D eigenvalue weighted by Gasteiger charge is -2.45. The van der Waals surface area contributed by atoms with Gasteiger partial charge in [-0.2, -0.15) is 0 Å². The number of benzene rings is 2. The van der Waals surface area contributed by atoms with E-state index in [4.69, 9.17) is 9.84 Å². The Morgan fingerprint density at radius 1 is 1.20 bits per heavy atom. The van der Waals surface area contributed by atoms with E-state index in [-0.39, 0.29) is 11.8 Å². The summed E-state index contributed by atoms with van der Waals surface area (Å²) in [7, 11) is 2.06. The predicted octanol–water partition coefficient (Wildman–Crippen LogP) is 3.84. The summed E-state index contributed by atoms with van der Waals surface area (Å²) in [6, 6.07) is 14.0. The van der Waals surface area contributed by atoms with E-state index in [1.165, 1.54) is 11.3 Å². The molecular formula is C21H21NO3. The van der Waals surface area contributed by atoms with Gasteiger partial charge in [0.2, 0.25) is 5.72 Å². The SMILES string of the molecule is CN1c2ccccc2C(C)(C)C12C=Cc1cc(CC(=O)O)ccc1O2.